The lowest BCUT2D eigenvalue weighted by atomic mass is 10.0. The lowest BCUT2D eigenvalue weighted by Crippen LogP contribution is -2.33. The summed E-state index contributed by atoms with van der Waals surface area (Å²) in [6.07, 6.45) is 0. The van der Waals surface area contributed by atoms with Crippen LogP contribution in [0, 0.1) is 0 Å². The molecule has 0 aromatic heterocycles. The van der Waals surface area contributed by atoms with Crippen molar-refractivity contribution in [3.63, 3.8) is 0 Å². The van der Waals surface area contributed by atoms with E-state index in [2.05, 4.69) is 0 Å². The Morgan fingerprint density at radius 1 is 1.19 bits per heavy atom. The minimum absolute atomic E-state index is 0.134. The summed E-state index contributed by atoms with van der Waals surface area (Å²) in [5.41, 5.74) is 0.480. The molecule has 0 heterocycles. The Balaban J connectivity index is 3.35. The molecule has 0 fully saturated rings. The maximum absolute atomic E-state index is 11.5. The summed E-state index contributed by atoms with van der Waals surface area (Å²) in [5.74, 6) is 0.143. The molecular formula is C14H21NO6. The molecule has 7 heteroatoms. The summed E-state index contributed by atoms with van der Waals surface area (Å²) >= 11 is 0. The van der Waals surface area contributed by atoms with Crippen LogP contribution >= 0.6 is 0 Å². The minimum atomic E-state index is -1.03. The van der Waals surface area contributed by atoms with E-state index in [1.54, 1.807) is 19.2 Å². The molecule has 0 aliphatic carbocycles. The number of ether oxygens (including phenoxy) is 3. The summed E-state index contributed by atoms with van der Waals surface area (Å²) in [4.78, 5) is 13.1. The highest BCUT2D eigenvalue weighted by molar-refractivity contribution is 5.76. The molecular weight excluding hydrogens is 278 g/mol. The maximum atomic E-state index is 11.5. The van der Waals surface area contributed by atoms with E-state index in [0.717, 1.165) is 0 Å². The first-order valence-electron chi connectivity index (χ1n) is 6.33. The predicted octanol–water partition coefficient (Wildman–Crippen LogP) is 0.762. The first-order valence-corrected chi connectivity index (χ1v) is 6.33. The zero-order valence-corrected chi connectivity index (χ0v) is 12.6. The van der Waals surface area contributed by atoms with Gasteiger partial charge in [0.25, 0.3) is 0 Å². The third kappa shape index (κ3) is 3.77. The molecule has 0 saturated carbocycles. The lowest BCUT2D eigenvalue weighted by Gasteiger charge is -2.25. The number of hydrogen-bond acceptors (Lipinski definition) is 6. The summed E-state index contributed by atoms with van der Waals surface area (Å²) < 4.78 is 15.7. The number of hydrogen-bond donors (Lipinski definition) is 2. The molecule has 0 spiro atoms. The molecule has 0 aliphatic rings. The van der Waals surface area contributed by atoms with Gasteiger partial charge in [0, 0.05) is 6.54 Å². The van der Waals surface area contributed by atoms with Gasteiger partial charge in [0.1, 0.15) is 6.04 Å². The van der Waals surface area contributed by atoms with Crippen LogP contribution in [0.15, 0.2) is 12.1 Å². The second-order valence-corrected chi connectivity index (χ2v) is 4.40. The van der Waals surface area contributed by atoms with Crippen molar-refractivity contribution in [3.8, 4) is 17.2 Å². The van der Waals surface area contributed by atoms with E-state index >= 15 is 0 Å². The molecule has 0 aliphatic heterocycles. The molecule has 2 N–H and O–H groups in total. The molecule has 21 heavy (non-hydrogen) atoms. The van der Waals surface area contributed by atoms with Gasteiger partial charge in [-0.3, -0.25) is 9.69 Å². The summed E-state index contributed by atoms with van der Waals surface area (Å²) in [6.45, 7) is 0.0956. The van der Waals surface area contributed by atoms with Gasteiger partial charge < -0.3 is 24.4 Å². The number of benzene rings is 1. The fourth-order valence-electron chi connectivity index (χ4n) is 2.13. The van der Waals surface area contributed by atoms with E-state index in [-0.39, 0.29) is 13.2 Å². The molecule has 0 radical (unpaired) electrons. The van der Waals surface area contributed by atoms with Crippen molar-refractivity contribution < 1.29 is 29.2 Å². The average molecular weight is 299 g/mol. The normalized spacial score (nSPS) is 12.1. The zero-order chi connectivity index (χ0) is 16.0. The third-order valence-corrected chi connectivity index (χ3v) is 3.13. The largest absolute Gasteiger partial charge is 0.493 e. The van der Waals surface area contributed by atoms with E-state index in [1.807, 2.05) is 0 Å². The van der Waals surface area contributed by atoms with Crippen molar-refractivity contribution in [3.05, 3.63) is 17.7 Å². The number of methoxy groups -OCH3 is 3. The van der Waals surface area contributed by atoms with Crippen LogP contribution in [0.2, 0.25) is 0 Å². The fraction of sp³-hybridized carbons (Fsp3) is 0.500. The number of likely N-dealkylation sites (N-methyl/N-ethyl adjacent to an activating group) is 1. The van der Waals surface area contributed by atoms with E-state index in [4.69, 9.17) is 19.3 Å². The van der Waals surface area contributed by atoms with Crippen LogP contribution in [0.1, 0.15) is 11.6 Å². The number of nitrogens with zero attached hydrogens (tertiary/aromatic N) is 1. The molecule has 1 aromatic rings. The molecule has 1 aromatic carbocycles. The van der Waals surface area contributed by atoms with Crippen molar-refractivity contribution in [2.45, 2.75) is 6.04 Å². The van der Waals surface area contributed by atoms with Gasteiger partial charge in [-0.2, -0.15) is 0 Å². The topological polar surface area (TPSA) is 88.5 Å². The number of carboxylic acid groups (broad SMARTS) is 1. The average Bonchev–Trinajstić information content (AvgIpc) is 2.46. The quantitative estimate of drug-likeness (QED) is 0.732. The fourth-order valence-corrected chi connectivity index (χ4v) is 2.13. The van der Waals surface area contributed by atoms with Crippen molar-refractivity contribution in [2.24, 2.45) is 0 Å². The van der Waals surface area contributed by atoms with E-state index in [1.165, 1.54) is 26.2 Å². The van der Waals surface area contributed by atoms with Crippen LogP contribution in [-0.2, 0) is 4.79 Å². The van der Waals surface area contributed by atoms with Crippen LogP contribution in [0.5, 0.6) is 17.2 Å². The number of aliphatic carboxylic acids is 1. The highest BCUT2D eigenvalue weighted by atomic mass is 16.5. The Kier molecular flexibility index (Phi) is 6.26. The molecule has 0 bridgehead atoms. The summed E-state index contributed by atoms with van der Waals surface area (Å²) in [5, 5.41) is 18.4. The van der Waals surface area contributed by atoms with Crippen LogP contribution < -0.4 is 14.2 Å². The number of carboxylic acids is 1. The number of aliphatic hydroxyl groups excluding tert-OH is 1. The van der Waals surface area contributed by atoms with E-state index < -0.39 is 12.0 Å². The van der Waals surface area contributed by atoms with Gasteiger partial charge in [-0.05, 0) is 24.7 Å². The summed E-state index contributed by atoms with van der Waals surface area (Å²) in [7, 11) is 6.04. The Labute approximate surface area is 123 Å². The molecule has 7 nitrogen and oxygen atoms in total. The number of rotatable bonds is 8. The highest BCUT2D eigenvalue weighted by Gasteiger charge is 2.27. The van der Waals surface area contributed by atoms with Gasteiger partial charge in [-0.15, -0.1) is 0 Å². The Morgan fingerprint density at radius 3 is 2.05 bits per heavy atom. The van der Waals surface area contributed by atoms with E-state index in [9.17, 15) is 9.90 Å². The van der Waals surface area contributed by atoms with Crippen molar-refractivity contribution in [1.29, 1.82) is 0 Å². The van der Waals surface area contributed by atoms with Gasteiger partial charge in [0.15, 0.2) is 11.5 Å². The Bertz CT molecular complexity index is 465. The van der Waals surface area contributed by atoms with E-state index in [0.29, 0.717) is 22.8 Å². The van der Waals surface area contributed by atoms with Crippen LogP contribution in [-0.4, -0.2) is 62.6 Å². The van der Waals surface area contributed by atoms with Crippen LogP contribution in [0.25, 0.3) is 0 Å². The SMILES string of the molecule is COc1cc(C(C(=O)O)N(C)CCO)cc(OC)c1OC. The standard InChI is InChI=1S/C14H21NO6/c1-15(5-6-16)12(14(17)18)9-7-10(19-2)13(21-4)11(8-9)20-3/h7-8,12,16H,5-6H2,1-4H3,(H,17,18). The number of carbonyl (C=O) groups is 1. The minimum Gasteiger partial charge on any atom is -0.493 e. The molecule has 1 unspecified atom stereocenters. The smallest absolute Gasteiger partial charge is 0.325 e. The highest BCUT2D eigenvalue weighted by Crippen LogP contribution is 2.40. The van der Waals surface area contributed by atoms with Gasteiger partial charge in [-0.1, -0.05) is 0 Å². The first-order chi connectivity index (χ1) is 9.99. The van der Waals surface area contributed by atoms with Gasteiger partial charge in [0.05, 0.1) is 27.9 Å². The first kappa shape index (κ1) is 17.1. The number of aliphatic hydroxyl groups is 1. The molecule has 0 amide bonds. The molecule has 118 valence electrons. The van der Waals surface area contributed by atoms with Crippen molar-refractivity contribution in [2.75, 3.05) is 41.5 Å². The van der Waals surface area contributed by atoms with Gasteiger partial charge >= 0.3 is 5.97 Å². The van der Waals surface area contributed by atoms with Gasteiger partial charge in [-0.25, -0.2) is 0 Å². The second kappa shape index (κ2) is 7.70. The molecule has 0 saturated heterocycles. The zero-order valence-electron chi connectivity index (χ0n) is 12.6. The third-order valence-electron chi connectivity index (χ3n) is 3.13. The molecule has 1 rings (SSSR count). The maximum Gasteiger partial charge on any atom is 0.325 e. The Hall–Kier alpha value is -1.99. The lowest BCUT2D eigenvalue weighted by molar-refractivity contribution is -0.143. The predicted molar refractivity (Wildman–Crippen MR) is 76.2 cm³/mol. The monoisotopic (exact) mass is 299 g/mol. The van der Waals surface area contributed by atoms with Gasteiger partial charge in [0.2, 0.25) is 5.75 Å². The summed E-state index contributed by atoms with van der Waals surface area (Å²) in [6, 6.07) is 2.26. The molecule has 1 atom stereocenters. The van der Waals surface area contributed by atoms with Crippen molar-refractivity contribution in [1.82, 2.24) is 4.90 Å². The van der Waals surface area contributed by atoms with Crippen molar-refractivity contribution >= 4 is 5.97 Å². The Morgan fingerprint density at radius 2 is 1.71 bits per heavy atom. The second-order valence-electron chi connectivity index (χ2n) is 4.40. The van der Waals surface area contributed by atoms with Crippen LogP contribution in [0.4, 0.5) is 0 Å². The van der Waals surface area contributed by atoms with Crippen LogP contribution in [0.3, 0.4) is 0 Å².